The van der Waals surface area contributed by atoms with Crippen LogP contribution in [0.15, 0.2) is 49.2 Å². The van der Waals surface area contributed by atoms with E-state index in [-0.39, 0.29) is 30.7 Å². The summed E-state index contributed by atoms with van der Waals surface area (Å²) in [6.07, 6.45) is 9.00. The summed E-state index contributed by atoms with van der Waals surface area (Å²) in [5.74, 6) is -0.261. The molecule has 2 aromatic heterocycles. The molecule has 2 N–H and O–H groups in total. The molecule has 0 radical (unpaired) electrons. The summed E-state index contributed by atoms with van der Waals surface area (Å²) in [6.45, 7) is 1.93. The van der Waals surface area contributed by atoms with Crippen molar-refractivity contribution in [2.75, 3.05) is 18.4 Å². The fourth-order valence-electron chi connectivity index (χ4n) is 2.98. The molecule has 1 aromatic carbocycles. The van der Waals surface area contributed by atoms with Crippen LogP contribution >= 0.6 is 24.8 Å². The van der Waals surface area contributed by atoms with Crippen molar-refractivity contribution in [2.45, 2.75) is 18.9 Å². The lowest BCUT2D eigenvalue weighted by molar-refractivity contribution is 0.102. The first-order valence-corrected chi connectivity index (χ1v) is 8.32. The number of imidazole rings is 1. The summed E-state index contributed by atoms with van der Waals surface area (Å²) in [6, 6.07) is 7.87. The van der Waals surface area contributed by atoms with Gasteiger partial charge in [-0.2, -0.15) is 0 Å². The second-order valence-electron chi connectivity index (χ2n) is 6.04. The number of carbonyl (C=O) groups is 1. The molecule has 1 saturated heterocycles. The molecule has 0 saturated carbocycles. The van der Waals surface area contributed by atoms with E-state index in [1.54, 1.807) is 23.4 Å². The molecule has 27 heavy (non-hydrogen) atoms. The highest BCUT2D eigenvalue weighted by Gasteiger charge is 2.18. The largest absolute Gasteiger partial charge is 0.320 e. The Hall–Kier alpha value is -2.42. The van der Waals surface area contributed by atoms with Gasteiger partial charge in [-0.25, -0.2) is 9.67 Å². The molecule has 1 aliphatic heterocycles. The van der Waals surface area contributed by atoms with E-state index in [1.165, 1.54) is 0 Å². The SMILES string of the molecule is Cl.Cl.O=C(Nc1cccc(-n2ccnc2)c1)c1cn(C2CCNCC2)nn1. The molecule has 1 amide bonds. The van der Waals surface area contributed by atoms with Gasteiger partial charge in [-0.1, -0.05) is 11.3 Å². The van der Waals surface area contributed by atoms with Gasteiger partial charge in [0.05, 0.1) is 18.6 Å². The quantitative estimate of drug-likeness (QED) is 0.690. The van der Waals surface area contributed by atoms with E-state index in [2.05, 4.69) is 25.9 Å². The predicted molar refractivity (Wildman–Crippen MR) is 107 cm³/mol. The lowest BCUT2D eigenvalue weighted by Crippen LogP contribution is -2.29. The molecule has 3 aromatic rings. The Morgan fingerprint density at radius 2 is 2.04 bits per heavy atom. The summed E-state index contributed by atoms with van der Waals surface area (Å²) >= 11 is 0. The summed E-state index contributed by atoms with van der Waals surface area (Å²) in [5, 5.41) is 14.3. The molecule has 10 heteroatoms. The zero-order valence-electron chi connectivity index (χ0n) is 14.5. The number of piperidine rings is 1. The van der Waals surface area contributed by atoms with E-state index in [0.717, 1.165) is 31.6 Å². The number of amides is 1. The van der Waals surface area contributed by atoms with Gasteiger partial charge < -0.3 is 15.2 Å². The molecule has 3 heterocycles. The monoisotopic (exact) mass is 409 g/mol. The van der Waals surface area contributed by atoms with Crippen molar-refractivity contribution in [1.29, 1.82) is 0 Å². The zero-order chi connectivity index (χ0) is 17.1. The molecular formula is C17H21Cl2N7O. The minimum absolute atomic E-state index is 0. The number of aromatic nitrogens is 5. The highest BCUT2D eigenvalue weighted by Crippen LogP contribution is 2.18. The van der Waals surface area contributed by atoms with E-state index < -0.39 is 0 Å². The topological polar surface area (TPSA) is 89.7 Å². The first kappa shape index (κ1) is 20.9. The highest BCUT2D eigenvalue weighted by molar-refractivity contribution is 6.02. The van der Waals surface area contributed by atoms with Crippen LogP contribution in [0.1, 0.15) is 29.4 Å². The summed E-state index contributed by atoms with van der Waals surface area (Å²) in [4.78, 5) is 16.5. The molecule has 0 bridgehead atoms. The van der Waals surface area contributed by atoms with Crippen molar-refractivity contribution in [3.05, 3.63) is 54.9 Å². The Kier molecular flexibility index (Phi) is 7.35. The Balaban J connectivity index is 0.00000131. The van der Waals surface area contributed by atoms with Crippen molar-refractivity contribution in [3.8, 4) is 5.69 Å². The van der Waals surface area contributed by atoms with E-state index in [1.807, 2.05) is 35.0 Å². The van der Waals surface area contributed by atoms with Crippen LogP contribution in [0.4, 0.5) is 5.69 Å². The smallest absolute Gasteiger partial charge is 0.277 e. The van der Waals surface area contributed by atoms with Crippen LogP contribution in [0.5, 0.6) is 0 Å². The van der Waals surface area contributed by atoms with Gasteiger partial charge in [-0.3, -0.25) is 4.79 Å². The van der Waals surface area contributed by atoms with Gasteiger partial charge in [0.25, 0.3) is 5.91 Å². The van der Waals surface area contributed by atoms with Gasteiger partial charge in [-0.05, 0) is 44.1 Å². The molecular weight excluding hydrogens is 389 g/mol. The van der Waals surface area contributed by atoms with Gasteiger partial charge in [0.2, 0.25) is 0 Å². The van der Waals surface area contributed by atoms with Crippen LogP contribution in [0.3, 0.4) is 0 Å². The minimum atomic E-state index is -0.261. The van der Waals surface area contributed by atoms with Crippen LogP contribution in [0, 0.1) is 0 Å². The van der Waals surface area contributed by atoms with Gasteiger partial charge in [0.15, 0.2) is 5.69 Å². The van der Waals surface area contributed by atoms with Crippen molar-refractivity contribution in [3.63, 3.8) is 0 Å². The second kappa shape index (κ2) is 9.50. The second-order valence-corrected chi connectivity index (χ2v) is 6.04. The molecule has 1 aliphatic rings. The molecule has 0 aliphatic carbocycles. The van der Waals surface area contributed by atoms with Crippen LogP contribution in [-0.4, -0.2) is 43.5 Å². The summed E-state index contributed by atoms with van der Waals surface area (Å²) in [5.41, 5.74) is 1.95. The normalized spacial score (nSPS) is 14.1. The number of halogens is 2. The van der Waals surface area contributed by atoms with Gasteiger partial charge >= 0.3 is 0 Å². The van der Waals surface area contributed by atoms with Crippen LogP contribution < -0.4 is 10.6 Å². The molecule has 4 rings (SSSR count). The average molecular weight is 410 g/mol. The summed E-state index contributed by atoms with van der Waals surface area (Å²) in [7, 11) is 0. The maximum absolute atomic E-state index is 12.4. The maximum atomic E-state index is 12.4. The first-order chi connectivity index (χ1) is 12.3. The van der Waals surface area contributed by atoms with E-state index in [4.69, 9.17) is 0 Å². The third-order valence-electron chi connectivity index (χ3n) is 4.33. The molecule has 8 nitrogen and oxygen atoms in total. The maximum Gasteiger partial charge on any atom is 0.277 e. The number of nitrogens with one attached hydrogen (secondary N) is 2. The van der Waals surface area contributed by atoms with Gasteiger partial charge in [-0.15, -0.1) is 29.9 Å². The van der Waals surface area contributed by atoms with Crippen molar-refractivity contribution < 1.29 is 4.79 Å². The molecule has 0 spiro atoms. The first-order valence-electron chi connectivity index (χ1n) is 8.32. The summed E-state index contributed by atoms with van der Waals surface area (Å²) < 4.78 is 3.68. The van der Waals surface area contributed by atoms with Crippen LogP contribution in [0.25, 0.3) is 5.69 Å². The van der Waals surface area contributed by atoms with Gasteiger partial charge in [0, 0.05) is 23.8 Å². The lowest BCUT2D eigenvalue weighted by atomic mass is 10.1. The van der Waals surface area contributed by atoms with Gasteiger partial charge in [0.1, 0.15) is 0 Å². The third-order valence-corrected chi connectivity index (χ3v) is 4.33. The highest BCUT2D eigenvalue weighted by atomic mass is 35.5. The number of anilines is 1. The number of hydrogen-bond donors (Lipinski definition) is 2. The minimum Gasteiger partial charge on any atom is -0.320 e. The number of carbonyl (C=O) groups excluding carboxylic acids is 1. The molecule has 144 valence electrons. The predicted octanol–water partition coefficient (Wildman–Crippen LogP) is 2.48. The zero-order valence-corrected chi connectivity index (χ0v) is 16.1. The van der Waals surface area contributed by atoms with Crippen molar-refractivity contribution in [2.24, 2.45) is 0 Å². The number of benzene rings is 1. The average Bonchev–Trinajstić information content (AvgIpc) is 3.35. The van der Waals surface area contributed by atoms with Crippen molar-refractivity contribution in [1.82, 2.24) is 29.9 Å². The fourth-order valence-corrected chi connectivity index (χ4v) is 2.98. The fraction of sp³-hybridized carbons (Fsp3) is 0.294. The molecule has 1 fully saturated rings. The Bertz CT molecular complexity index is 860. The Labute approximate surface area is 169 Å². The molecule has 0 atom stereocenters. The number of rotatable bonds is 4. The Morgan fingerprint density at radius 1 is 1.22 bits per heavy atom. The third kappa shape index (κ3) is 4.85. The van der Waals surface area contributed by atoms with Crippen molar-refractivity contribution >= 4 is 36.4 Å². The Morgan fingerprint density at radius 3 is 2.78 bits per heavy atom. The lowest BCUT2D eigenvalue weighted by Gasteiger charge is -2.22. The standard InChI is InChI=1S/C17H19N7O.2ClH/c25-17(16-11-24(22-21-16)14-4-6-18-7-5-14)20-13-2-1-3-15(10-13)23-9-8-19-12-23;;/h1-3,8-12,14,18H,4-7H2,(H,20,25);2*1H. The van der Waals surface area contributed by atoms with E-state index in [9.17, 15) is 4.79 Å². The number of hydrogen-bond acceptors (Lipinski definition) is 5. The molecule has 0 unspecified atom stereocenters. The van der Waals surface area contributed by atoms with E-state index in [0.29, 0.717) is 17.4 Å². The van der Waals surface area contributed by atoms with Crippen LogP contribution in [-0.2, 0) is 0 Å². The number of nitrogens with zero attached hydrogens (tertiary/aromatic N) is 5. The van der Waals surface area contributed by atoms with E-state index >= 15 is 0 Å². The van der Waals surface area contributed by atoms with Crippen LogP contribution in [0.2, 0.25) is 0 Å².